The summed E-state index contributed by atoms with van der Waals surface area (Å²) >= 11 is 5.62. The number of nitrogens with two attached hydrogens (primary N) is 1. The summed E-state index contributed by atoms with van der Waals surface area (Å²) in [5.74, 6) is -0.839. The first-order chi connectivity index (χ1) is 9.24. The van der Waals surface area contributed by atoms with E-state index in [2.05, 4.69) is 9.46 Å². The van der Waals surface area contributed by atoms with Gasteiger partial charge in [0, 0.05) is 6.54 Å². The van der Waals surface area contributed by atoms with E-state index in [9.17, 15) is 21.6 Å². The second kappa shape index (κ2) is 7.11. The van der Waals surface area contributed by atoms with E-state index in [0.29, 0.717) is 0 Å². The van der Waals surface area contributed by atoms with Crippen LogP contribution >= 0.6 is 11.6 Å². The molecule has 5 nitrogen and oxygen atoms in total. The molecule has 0 heterocycles. The Bertz CT molecular complexity index is 569. The van der Waals surface area contributed by atoms with E-state index < -0.39 is 33.8 Å². The van der Waals surface area contributed by atoms with Crippen LogP contribution < -0.4 is 10.5 Å². The molecular formula is C10H12ClF3N2O3S. The number of benzene rings is 1. The third-order valence-electron chi connectivity index (χ3n) is 2.12. The first-order valence-corrected chi connectivity index (χ1v) is 7.20. The number of nitrogen functional groups attached to an aromatic ring is 1. The number of hydrogen-bond donors (Lipinski definition) is 2. The highest BCUT2D eigenvalue weighted by Gasteiger charge is 2.19. The molecule has 10 heteroatoms. The maximum atomic E-state index is 13.1. The molecule has 0 aromatic heterocycles. The SMILES string of the molecule is Nc1cc(S(=O)(=O)NCCOCC(F)F)c(Cl)cc1F. The van der Waals surface area contributed by atoms with Crippen LogP contribution in [0.1, 0.15) is 0 Å². The minimum absolute atomic E-state index is 0.233. The fraction of sp³-hybridized carbons (Fsp3) is 0.400. The number of sulfonamides is 1. The van der Waals surface area contributed by atoms with Crippen molar-refractivity contribution in [3.8, 4) is 0 Å². The number of hydrogen-bond acceptors (Lipinski definition) is 4. The van der Waals surface area contributed by atoms with Gasteiger partial charge in [0.2, 0.25) is 10.0 Å². The lowest BCUT2D eigenvalue weighted by Crippen LogP contribution is -2.28. The molecule has 0 unspecified atom stereocenters. The number of alkyl halides is 2. The van der Waals surface area contributed by atoms with Gasteiger partial charge in [0.05, 0.1) is 17.3 Å². The van der Waals surface area contributed by atoms with Crippen LogP contribution in [-0.4, -0.2) is 34.6 Å². The normalized spacial score (nSPS) is 12.1. The highest BCUT2D eigenvalue weighted by molar-refractivity contribution is 7.89. The van der Waals surface area contributed by atoms with Crippen molar-refractivity contribution in [3.63, 3.8) is 0 Å². The number of halogens is 4. The largest absolute Gasteiger partial charge is 0.396 e. The van der Waals surface area contributed by atoms with E-state index in [0.717, 1.165) is 12.1 Å². The van der Waals surface area contributed by atoms with Crippen LogP contribution in [0.5, 0.6) is 0 Å². The van der Waals surface area contributed by atoms with E-state index >= 15 is 0 Å². The van der Waals surface area contributed by atoms with Crippen molar-refractivity contribution in [2.75, 3.05) is 25.5 Å². The number of anilines is 1. The Labute approximate surface area is 118 Å². The first kappa shape index (κ1) is 17.0. The minimum atomic E-state index is -4.03. The maximum absolute atomic E-state index is 13.1. The Morgan fingerprint density at radius 2 is 2.05 bits per heavy atom. The zero-order valence-corrected chi connectivity index (χ0v) is 11.6. The average molecular weight is 333 g/mol. The van der Waals surface area contributed by atoms with Gasteiger partial charge in [-0.15, -0.1) is 0 Å². The van der Waals surface area contributed by atoms with E-state index in [1.165, 1.54) is 0 Å². The standard InChI is InChI=1S/C10H12ClF3N2O3S/c11-6-3-7(12)8(15)4-9(6)20(17,18)16-1-2-19-5-10(13)14/h3-4,10,16H,1-2,5,15H2. The Morgan fingerprint density at radius 1 is 1.40 bits per heavy atom. The van der Waals surface area contributed by atoms with Crippen molar-refractivity contribution in [1.82, 2.24) is 4.72 Å². The second-order valence-corrected chi connectivity index (χ2v) is 5.81. The fourth-order valence-corrected chi connectivity index (χ4v) is 2.81. The molecule has 0 spiro atoms. The lowest BCUT2D eigenvalue weighted by Gasteiger charge is -2.10. The van der Waals surface area contributed by atoms with Crippen LogP contribution in [0.25, 0.3) is 0 Å². The molecule has 1 aromatic rings. The molecule has 20 heavy (non-hydrogen) atoms. The van der Waals surface area contributed by atoms with Gasteiger partial charge < -0.3 is 10.5 Å². The van der Waals surface area contributed by atoms with Gasteiger partial charge in [-0.05, 0) is 12.1 Å². The van der Waals surface area contributed by atoms with E-state index in [4.69, 9.17) is 17.3 Å². The highest BCUT2D eigenvalue weighted by Crippen LogP contribution is 2.25. The lowest BCUT2D eigenvalue weighted by atomic mass is 10.3. The van der Waals surface area contributed by atoms with Gasteiger partial charge in [0.25, 0.3) is 6.43 Å². The maximum Gasteiger partial charge on any atom is 0.261 e. The molecule has 114 valence electrons. The van der Waals surface area contributed by atoms with Gasteiger partial charge >= 0.3 is 0 Å². The zero-order valence-electron chi connectivity index (χ0n) is 10.1. The van der Waals surface area contributed by atoms with Crippen LogP contribution in [0.2, 0.25) is 5.02 Å². The van der Waals surface area contributed by atoms with Crippen LogP contribution in [0.3, 0.4) is 0 Å². The average Bonchev–Trinajstić information content (AvgIpc) is 2.32. The molecular weight excluding hydrogens is 321 g/mol. The summed E-state index contributed by atoms with van der Waals surface area (Å²) < 4.78 is 66.8. The topological polar surface area (TPSA) is 81.4 Å². The molecule has 0 fully saturated rings. The van der Waals surface area contributed by atoms with Crippen molar-refractivity contribution in [2.45, 2.75) is 11.3 Å². The number of ether oxygens (including phenoxy) is 1. The monoisotopic (exact) mass is 332 g/mol. The summed E-state index contributed by atoms with van der Waals surface area (Å²) in [6, 6.07) is 1.65. The molecule has 0 aliphatic heterocycles. The molecule has 1 aromatic carbocycles. The smallest absolute Gasteiger partial charge is 0.261 e. The van der Waals surface area contributed by atoms with Crippen molar-refractivity contribution >= 4 is 27.3 Å². The van der Waals surface area contributed by atoms with Gasteiger partial charge in [-0.3, -0.25) is 0 Å². The molecule has 0 atom stereocenters. The third-order valence-corrected chi connectivity index (χ3v) is 4.05. The van der Waals surface area contributed by atoms with Gasteiger partial charge in [-0.1, -0.05) is 11.6 Å². The second-order valence-electron chi connectivity index (χ2n) is 3.67. The van der Waals surface area contributed by atoms with Crippen molar-refractivity contribution in [1.29, 1.82) is 0 Å². The molecule has 0 amide bonds. The molecule has 0 saturated carbocycles. The molecule has 0 bridgehead atoms. The summed E-state index contributed by atoms with van der Waals surface area (Å²) in [5.41, 5.74) is 4.89. The zero-order chi connectivity index (χ0) is 15.3. The van der Waals surface area contributed by atoms with E-state index in [1.54, 1.807) is 0 Å². The summed E-state index contributed by atoms with van der Waals surface area (Å²) in [6.45, 7) is -1.26. The molecule has 1 rings (SSSR count). The third kappa shape index (κ3) is 4.82. The van der Waals surface area contributed by atoms with Gasteiger partial charge in [-0.2, -0.15) is 0 Å². The highest BCUT2D eigenvalue weighted by atomic mass is 35.5. The van der Waals surface area contributed by atoms with Crippen LogP contribution in [-0.2, 0) is 14.8 Å². The Balaban J connectivity index is 2.68. The van der Waals surface area contributed by atoms with Crippen molar-refractivity contribution in [3.05, 3.63) is 23.0 Å². The minimum Gasteiger partial charge on any atom is -0.396 e. The predicted octanol–water partition coefficient (Wildman–Crippen LogP) is 1.62. The quantitative estimate of drug-likeness (QED) is 0.587. The lowest BCUT2D eigenvalue weighted by molar-refractivity contribution is 0.0199. The summed E-state index contributed by atoms with van der Waals surface area (Å²) in [4.78, 5) is -0.396. The summed E-state index contributed by atoms with van der Waals surface area (Å²) in [7, 11) is -4.03. The van der Waals surface area contributed by atoms with Gasteiger partial charge in [-0.25, -0.2) is 26.3 Å². The van der Waals surface area contributed by atoms with Crippen molar-refractivity contribution < 1.29 is 26.3 Å². The molecule has 0 aliphatic carbocycles. The van der Waals surface area contributed by atoms with Crippen LogP contribution in [0.15, 0.2) is 17.0 Å². The molecule has 3 N–H and O–H groups in total. The Morgan fingerprint density at radius 3 is 2.65 bits per heavy atom. The summed E-state index contributed by atoms with van der Waals surface area (Å²) in [6.07, 6.45) is -2.63. The van der Waals surface area contributed by atoms with Crippen molar-refractivity contribution in [2.24, 2.45) is 0 Å². The molecule has 0 aliphatic rings. The number of rotatable bonds is 7. The van der Waals surface area contributed by atoms with E-state index in [1.807, 2.05) is 0 Å². The first-order valence-electron chi connectivity index (χ1n) is 5.34. The van der Waals surface area contributed by atoms with Crippen LogP contribution in [0.4, 0.5) is 18.9 Å². The van der Waals surface area contributed by atoms with Crippen LogP contribution in [0, 0.1) is 5.82 Å². The van der Waals surface area contributed by atoms with Gasteiger partial charge in [0.1, 0.15) is 17.3 Å². The molecule has 0 saturated heterocycles. The molecule has 0 radical (unpaired) electrons. The fourth-order valence-electron chi connectivity index (χ4n) is 1.25. The predicted molar refractivity (Wildman–Crippen MR) is 67.8 cm³/mol. The Kier molecular flexibility index (Phi) is 6.06. The Hall–Kier alpha value is -1.03. The van der Waals surface area contributed by atoms with Gasteiger partial charge in [0.15, 0.2) is 0 Å². The van der Waals surface area contributed by atoms with E-state index in [-0.39, 0.29) is 23.9 Å². The number of nitrogens with one attached hydrogen (secondary N) is 1. The summed E-state index contributed by atoms with van der Waals surface area (Å²) in [5, 5.41) is -0.335.